The van der Waals surface area contributed by atoms with E-state index in [0.29, 0.717) is 17.8 Å². The highest BCUT2D eigenvalue weighted by molar-refractivity contribution is 5.95. The SMILES string of the molecule is CC(C)=CCC1(CO)CCCN(C(=O)c2cncnc2C)C1. The molecule has 1 aliphatic rings. The summed E-state index contributed by atoms with van der Waals surface area (Å²) in [7, 11) is 0. The van der Waals surface area contributed by atoms with Crippen molar-refractivity contribution in [1.29, 1.82) is 0 Å². The molecule has 1 N–H and O–H groups in total. The second-order valence-corrected chi connectivity index (χ2v) is 6.50. The molecule has 1 aromatic rings. The lowest BCUT2D eigenvalue weighted by Gasteiger charge is -2.41. The van der Waals surface area contributed by atoms with Crippen molar-refractivity contribution in [3.63, 3.8) is 0 Å². The molecular weight excluding hydrogens is 278 g/mol. The summed E-state index contributed by atoms with van der Waals surface area (Å²) in [6.07, 6.45) is 7.85. The number of amides is 1. The largest absolute Gasteiger partial charge is 0.396 e. The van der Waals surface area contributed by atoms with Crippen LogP contribution in [0.15, 0.2) is 24.2 Å². The maximum absolute atomic E-state index is 12.7. The molecule has 5 heteroatoms. The Bertz CT molecular complexity index is 567. The van der Waals surface area contributed by atoms with E-state index in [1.54, 1.807) is 6.20 Å². The zero-order valence-corrected chi connectivity index (χ0v) is 13.7. The highest BCUT2D eigenvalue weighted by Crippen LogP contribution is 2.34. The molecule has 1 fully saturated rings. The van der Waals surface area contributed by atoms with Crippen molar-refractivity contribution in [3.05, 3.63) is 35.4 Å². The van der Waals surface area contributed by atoms with E-state index in [0.717, 1.165) is 25.8 Å². The van der Waals surface area contributed by atoms with Crippen molar-refractivity contribution in [1.82, 2.24) is 14.9 Å². The Morgan fingerprint density at radius 3 is 2.91 bits per heavy atom. The van der Waals surface area contributed by atoms with Crippen LogP contribution in [0.4, 0.5) is 0 Å². The fraction of sp³-hybridized carbons (Fsp3) is 0.588. The third-order valence-corrected chi connectivity index (χ3v) is 4.37. The van der Waals surface area contributed by atoms with Gasteiger partial charge in [-0.1, -0.05) is 11.6 Å². The number of rotatable bonds is 4. The van der Waals surface area contributed by atoms with Gasteiger partial charge < -0.3 is 10.0 Å². The molecule has 0 spiro atoms. The number of aromatic nitrogens is 2. The summed E-state index contributed by atoms with van der Waals surface area (Å²) in [4.78, 5) is 22.6. The van der Waals surface area contributed by atoms with Crippen molar-refractivity contribution < 1.29 is 9.90 Å². The lowest BCUT2D eigenvalue weighted by molar-refractivity contribution is 0.0283. The van der Waals surface area contributed by atoms with Crippen LogP contribution < -0.4 is 0 Å². The molecule has 1 aliphatic heterocycles. The van der Waals surface area contributed by atoms with Gasteiger partial charge in [-0.25, -0.2) is 9.97 Å². The fourth-order valence-electron chi connectivity index (χ4n) is 2.93. The number of piperidine rings is 1. The molecule has 0 radical (unpaired) electrons. The van der Waals surface area contributed by atoms with Crippen LogP contribution in [0.3, 0.4) is 0 Å². The van der Waals surface area contributed by atoms with Gasteiger partial charge in [0.15, 0.2) is 0 Å². The van der Waals surface area contributed by atoms with Gasteiger partial charge in [0.25, 0.3) is 5.91 Å². The molecule has 22 heavy (non-hydrogen) atoms. The smallest absolute Gasteiger partial charge is 0.257 e. The van der Waals surface area contributed by atoms with E-state index in [-0.39, 0.29) is 17.9 Å². The van der Waals surface area contributed by atoms with Crippen molar-refractivity contribution in [2.24, 2.45) is 5.41 Å². The Hall–Kier alpha value is -1.75. The van der Waals surface area contributed by atoms with Gasteiger partial charge >= 0.3 is 0 Å². The number of nitrogens with zero attached hydrogens (tertiary/aromatic N) is 3. The van der Waals surface area contributed by atoms with E-state index in [2.05, 4.69) is 29.9 Å². The number of aliphatic hydroxyl groups excluding tert-OH is 1. The Labute approximate surface area is 132 Å². The van der Waals surface area contributed by atoms with Crippen LogP contribution in [0.2, 0.25) is 0 Å². The Morgan fingerprint density at radius 1 is 1.50 bits per heavy atom. The topological polar surface area (TPSA) is 66.3 Å². The van der Waals surface area contributed by atoms with Gasteiger partial charge in [0.05, 0.1) is 17.9 Å². The summed E-state index contributed by atoms with van der Waals surface area (Å²) < 4.78 is 0. The lowest BCUT2D eigenvalue weighted by atomic mass is 9.77. The van der Waals surface area contributed by atoms with Crippen LogP contribution in [0.1, 0.15) is 49.2 Å². The van der Waals surface area contributed by atoms with Gasteiger partial charge in [0.1, 0.15) is 6.33 Å². The predicted octanol–water partition coefficient (Wildman–Crippen LogP) is 2.36. The fourth-order valence-corrected chi connectivity index (χ4v) is 2.93. The summed E-state index contributed by atoms with van der Waals surface area (Å²) in [5, 5.41) is 9.89. The van der Waals surface area contributed by atoms with Gasteiger partial charge in [-0.15, -0.1) is 0 Å². The highest BCUT2D eigenvalue weighted by atomic mass is 16.3. The standard InChI is InChI=1S/C17H25N3O2/c1-13(2)5-7-17(11-21)6-4-8-20(10-17)16(22)15-9-18-12-19-14(15)3/h5,9,12,21H,4,6-8,10-11H2,1-3H3. The van der Waals surface area contributed by atoms with E-state index < -0.39 is 0 Å². The summed E-state index contributed by atoms with van der Waals surface area (Å²) in [5.74, 6) is -0.0344. The molecule has 0 saturated carbocycles. The van der Waals surface area contributed by atoms with E-state index in [9.17, 15) is 9.90 Å². The van der Waals surface area contributed by atoms with Gasteiger partial charge in [-0.2, -0.15) is 0 Å². The van der Waals surface area contributed by atoms with Crippen LogP contribution in [0.25, 0.3) is 0 Å². The van der Waals surface area contributed by atoms with Crippen LogP contribution in [-0.4, -0.2) is 45.6 Å². The first-order chi connectivity index (χ1) is 10.5. The number of aliphatic hydroxyl groups is 1. The molecule has 0 bridgehead atoms. The molecule has 1 unspecified atom stereocenters. The predicted molar refractivity (Wildman–Crippen MR) is 85.5 cm³/mol. The van der Waals surface area contributed by atoms with Crippen molar-refractivity contribution in [3.8, 4) is 0 Å². The summed E-state index contributed by atoms with van der Waals surface area (Å²) in [5.41, 5.74) is 2.26. The summed E-state index contributed by atoms with van der Waals surface area (Å²) in [6.45, 7) is 7.35. The number of carbonyl (C=O) groups is 1. The number of aryl methyl sites for hydroxylation is 1. The number of allylic oxidation sites excluding steroid dienone is 2. The van der Waals surface area contributed by atoms with E-state index in [1.807, 2.05) is 11.8 Å². The van der Waals surface area contributed by atoms with E-state index in [4.69, 9.17) is 0 Å². The quantitative estimate of drug-likeness (QED) is 0.867. The van der Waals surface area contributed by atoms with Gasteiger partial charge in [-0.3, -0.25) is 4.79 Å². The first kappa shape index (κ1) is 16.6. The molecule has 1 aromatic heterocycles. The number of carbonyl (C=O) groups excluding carboxylic acids is 1. The first-order valence-corrected chi connectivity index (χ1v) is 7.77. The van der Waals surface area contributed by atoms with Crippen molar-refractivity contribution >= 4 is 5.91 Å². The van der Waals surface area contributed by atoms with Gasteiger partial charge in [0.2, 0.25) is 0 Å². The molecule has 1 atom stereocenters. The minimum Gasteiger partial charge on any atom is -0.396 e. The highest BCUT2D eigenvalue weighted by Gasteiger charge is 2.36. The number of likely N-dealkylation sites (tertiary alicyclic amines) is 1. The Balaban J connectivity index is 2.17. The molecule has 1 saturated heterocycles. The molecule has 2 heterocycles. The van der Waals surface area contributed by atoms with Crippen molar-refractivity contribution in [2.45, 2.75) is 40.0 Å². The van der Waals surface area contributed by atoms with Crippen LogP contribution in [0.5, 0.6) is 0 Å². The summed E-state index contributed by atoms with van der Waals surface area (Å²) >= 11 is 0. The minimum atomic E-state index is -0.227. The molecule has 1 amide bonds. The van der Waals surface area contributed by atoms with Gasteiger partial charge in [0, 0.05) is 24.7 Å². The second-order valence-electron chi connectivity index (χ2n) is 6.50. The average molecular weight is 303 g/mol. The van der Waals surface area contributed by atoms with Crippen molar-refractivity contribution in [2.75, 3.05) is 19.7 Å². The molecule has 5 nitrogen and oxygen atoms in total. The maximum atomic E-state index is 12.7. The Kier molecular flexibility index (Phi) is 5.29. The minimum absolute atomic E-state index is 0.0344. The lowest BCUT2D eigenvalue weighted by Crippen LogP contribution is -2.48. The zero-order valence-electron chi connectivity index (χ0n) is 13.7. The van der Waals surface area contributed by atoms with Crippen LogP contribution >= 0.6 is 0 Å². The first-order valence-electron chi connectivity index (χ1n) is 7.77. The molecule has 0 aliphatic carbocycles. The van der Waals surface area contributed by atoms with E-state index >= 15 is 0 Å². The Morgan fingerprint density at radius 2 is 2.27 bits per heavy atom. The molecule has 120 valence electrons. The second kappa shape index (κ2) is 7.01. The van der Waals surface area contributed by atoms with Crippen LogP contribution in [0, 0.1) is 12.3 Å². The number of hydrogen-bond donors (Lipinski definition) is 1. The molecule has 2 rings (SSSR count). The average Bonchev–Trinajstić information content (AvgIpc) is 2.53. The van der Waals surface area contributed by atoms with Gasteiger partial charge in [-0.05, 0) is 40.0 Å². The number of hydrogen-bond acceptors (Lipinski definition) is 4. The summed E-state index contributed by atoms with van der Waals surface area (Å²) in [6, 6.07) is 0. The van der Waals surface area contributed by atoms with Crippen LogP contribution in [-0.2, 0) is 0 Å². The zero-order chi connectivity index (χ0) is 16.2. The molecule has 0 aromatic carbocycles. The maximum Gasteiger partial charge on any atom is 0.257 e. The third-order valence-electron chi connectivity index (χ3n) is 4.37. The normalized spacial score (nSPS) is 21.5. The monoisotopic (exact) mass is 303 g/mol. The molecular formula is C17H25N3O2. The van der Waals surface area contributed by atoms with E-state index in [1.165, 1.54) is 11.9 Å². The third kappa shape index (κ3) is 3.71.